The number of fused-ring (bicyclic) bond motifs is 1. The van der Waals surface area contributed by atoms with E-state index in [9.17, 15) is 9.59 Å². The molecule has 0 radical (unpaired) electrons. The summed E-state index contributed by atoms with van der Waals surface area (Å²) < 4.78 is 2.64. The van der Waals surface area contributed by atoms with Crippen molar-refractivity contribution in [2.75, 3.05) is 0 Å². The molecular weight excluding hydrogens is 296 g/mol. The fraction of sp³-hybridized carbons (Fsp3) is 0.200. The van der Waals surface area contributed by atoms with E-state index in [1.54, 1.807) is 12.4 Å². The van der Waals surface area contributed by atoms with E-state index >= 15 is 0 Å². The summed E-state index contributed by atoms with van der Waals surface area (Å²) >= 11 is 1.13. The quantitative estimate of drug-likeness (QED) is 0.346. The van der Waals surface area contributed by atoms with E-state index in [1.807, 2.05) is 5.43 Å². The number of amides is 1. The van der Waals surface area contributed by atoms with Gasteiger partial charge in [0.1, 0.15) is 5.39 Å². The molecule has 0 spiro atoms. The van der Waals surface area contributed by atoms with Gasteiger partial charge in [0.05, 0.1) is 18.4 Å². The largest absolute Gasteiger partial charge is 0.294 e. The minimum atomic E-state index is -0.479. The summed E-state index contributed by atoms with van der Waals surface area (Å²) in [5.41, 5.74) is 2.62. The first-order valence-electron chi connectivity index (χ1n) is 5.81. The third-order valence-electron chi connectivity index (χ3n) is 2.81. The molecule has 0 aromatic carbocycles. The highest BCUT2D eigenvalue weighted by molar-refractivity contribution is 7.11. The first kappa shape index (κ1) is 13.3. The number of thiazole rings is 1. The van der Waals surface area contributed by atoms with Crippen molar-refractivity contribution in [3.8, 4) is 0 Å². The van der Waals surface area contributed by atoms with Crippen LogP contribution in [0.25, 0.3) is 11.0 Å². The lowest BCUT2D eigenvalue weighted by molar-refractivity contribution is 0.0953. The average Bonchev–Trinajstić information content (AvgIpc) is 3.09. The molecule has 21 heavy (non-hydrogen) atoms. The van der Waals surface area contributed by atoms with Crippen molar-refractivity contribution in [3.63, 3.8) is 0 Å². The molecule has 0 saturated carbocycles. The fourth-order valence-electron chi connectivity index (χ4n) is 1.78. The van der Waals surface area contributed by atoms with Crippen molar-refractivity contribution in [3.05, 3.63) is 32.6 Å². The maximum Gasteiger partial charge on any atom is 0.294 e. The van der Waals surface area contributed by atoms with E-state index < -0.39 is 5.91 Å². The van der Waals surface area contributed by atoms with E-state index in [1.165, 1.54) is 15.6 Å². The van der Waals surface area contributed by atoms with Crippen LogP contribution in [0, 0.1) is 0 Å². The van der Waals surface area contributed by atoms with Gasteiger partial charge in [-0.2, -0.15) is 5.10 Å². The normalized spacial score (nSPS) is 11.0. The summed E-state index contributed by atoms with van der Waals surface area (Å²) in [5, 5.41) is 14.0. The number of nitrogens with zero attached hydrogens (tertiary/aromatic N) is 6. The van der Waals surface area contributed by atoms with E-state index in [4.69, 9.17) is 5.84 Å². The zero-order valence-electron chi connectivity index (χ0n) is 10.8. The van der Waals surface area contributed by atoms with Gasteiger partial charge in [0.15, 0.2) is 10.7 Å². The number of nitrogens with one attached hydrogen (secondary N) is 1. The lowest BCUT2D eigenvalue weighted by Crippen LogP contribution is -2.30. The minimum Gasteiger partial charge on any atom is -0.288 e. The van der Waals surface area contributed by atoms with E-state index in [0.717, 1.165) is 11.3 Å². The Morgan fingerprint density at radius 2 is 2.33 bits per heavy atom. The number of carbonyl (C=O) groups excluding carboxylic acids is 1. The van der Waals surface area contributed by atoms with E-state index in [0.29, 0.717) is 16.7 Å². The highest BCUT2D eigenvalue weighted by atomic mass is 32.1. The molecule has 0 aliphatic carbocycles. The Bertz CT molecular complexity index is 879. The number of hydrogen-bond acceptors (Lipinski definition) is 8. The number of nitrogen functional groups attached to an aromatic ring is 1. The van der Waals surface area contributed by atoms with Crippen LogP contribution in [-0.4, -0.2) is 35.7 Å². The van der Waals surface area contributed by atoms with Crippen LogP contribution < -0.4 is 16.8 Å². The minimum absolute atomic E-state index is 0.116. The number of carbonyl (C=O) groups is 1. The van der Waals surface area contributed by atoms with Gasteiger partial charge in [-0.3, -0.25) is 15.0 Å². The second-order valence-corrected chi connectivity index (χ2v) is 5.03. The van der Waals surface area contributed by atoms with Crippen LogP contribution in [0.2, 0.25) is 0 Å². The van der Waals surface area contributed by atoms with Crippen LogP contribution in [0.1, 0.15) is 15.5 Å². The second-order valence-electron chi connectivity index (χ2n) is 4.18. The molecule has 3 heterocycles. The van der Waals surface area contributed by atoms with Gasteiger partial charge in [0.2, 0.25) is 0 Å². The van der Waals surface area contributed by atoms with Crippen LogP contribution in [0.5, 0.6) is 0 Å². The molecule has 0 aliphatic heterocycles. The summed E-state index contributed by atoms with van der Waals surface area (Å²) in [6.07, 6.45) is 1.44. The molecule has 0 aliphatic rings. The molecule has 3 N–H and O–H groups in total. The molecule has 0 bridgehead atoms. The highest BCUT2D eigenvalue weighted by Crippen LogP contribution is 2.10. The smallest absolute Gasteiger partial charge is 0.288 e. The molecule has 0 fully saturated rings. The molecule has 11 heteroatoms. The van der Waals surface area contributed by atoms with Crippen molar-refractivity contribution in [1.82, 2.24) is 35.2 Å². The third kappa shape index (κ3) is 2.28. The summed E-state index contributed by atoms with van der Waals surface area (Å²) in [6.45, 7) is 0.116. The number of hydrazine groups is 1. The predicted octanol–water partition coefficient (Wildman–Crippen LogP) is -1.37. The average molecular weight is 306 g/mol. The van der Waals surface area contributed by atoms with E-state index in [2.05, 4.69) is 20.4 Å². The van der Waals surface area contributed by atoms with Crippen LogP contribution in [0.4, 0.5) is 0 Å². The Labute approximate surface area is 121 Å². The van der Waals surface area contributed by atoms with Crippen molar-refractivity contribution >= 4 is 28.3 Å². The van der Waals surface area contributed by atoms with Gasteiger partial charge >= 0.3 is 0 Å². The van der Waals surface area contributed by atoms with Crippen molar-refractivity contribution < 1.29 is 4.79 Å². The molecule has 0 saturated heterocycles. The number of hydrogen-bond donors (Lipinski definition) is 2. The van der Waals surface area contributed by atoms with Crippen molar-refractivity contribution in [2.24, 2.45) is 12.9 Å². The second kappa shape index (κ2) is 5.03. The Balaban J connectivity index is 1.95. The van der Waals surface area contributed by atoms with Crippen LogP contribution in [-0.2, 0) is 13.6 Å². The highest BCUT2D eigenvalue weighted by Gasteiger charge is 2.13. The zero-order chi connectivity index (χ0) is 15.0. The first-order valence-corrected chi connectivity index (χ1v) is 6.69. The Morgan fingerprint density at radius 1 is 1.52 bits per heavy atom. The molecule has 3 aromatic heterocycles. The number of aryl methyl sites for hydroxylation is 1. The van der Waals surface area contributed by atoms with Crippen molar-refractivity contribution in [1.29, 1.82) is 0 Å². The van der Waals surface area contributed by atoms with Gasteiger partial charge in [-0.25, -0.2) is 20.2 Å². The van der Waals surface area contributed by atoms with Crippen LogP contribution in [0.3, 0.4) is 0 Å². The Kier molecular flexibility index (Phi) is 3.19. The molecule has 1 amide bonds. The van der Waals surface area contributed by atoms with Gasteiger partial charge in [0, 0.05) is 12.4 Å². The molecular formula is C10H10N8O2S. The molecule has 3 rings (SSSR count). The standard InChI is InChI=1S/C10H10N8O2S/c1-17-7-6(2-12-17)10(20)18(16-15-7)3-5-4-21-9(13-5)8(19)14-11/h2,4H,3,11H2,1H3,(H,14,19). The molecule has 0 unspecified atom stereocenters. The maximum absolute atomic E-state index is 12.2. The monoisotopic (exact) mass is 306 g/mol. The summed E-state index contributed by atoms with van der Waals surface area (Å²) in [4.78, 5) is 27.6. The van der Waals surface area contributed by atoms with Crippen molar-refractivity contribution in [2.45, 2.75) is 6.54 Å². The third-order valence-corrected chi connectivity index (χ3v) is 3.70. The summed E-state index contributed by atoms with van der Waals surface area (Å²) in [7, 11) is 1.68. The molecule has 3 aromatic rings. The predicted molar refractivity (Wildman–Crippen MR) is 73.4 cm³/mol. The molecule has 0 atom stereocenters. The van der Waals surface area contributed by atoms with Crippen LogP contribution >= 0.6 is 11.3 Å². The molecule has 108 valence electrons. The lowest BCUT2D eigenvalue weighted by Gasteiger charge is -2.00. The van der Waals surface area contributed by atoms with E-state index in [-0.39, 0.29) is 17.1 Å². The van der Waals surface area contributed by atoms with Gasteiger partial charge in [-0.1, -0.05) is 5.21 Å². The Hall–Kier alpha value is -2.66. The topological polar surface area (TPSA) is 134 Å². The van der Waals surface area contributed by atoms with Gasteiger partial charge in [-0.05, 0) is 0 Å². The molecule has 10 nitrogen and oxygen atoms in total. The Morgan fingerprint density at radius 3 is 3.10 bits per heavy atom. The number of nitrogens with two attached hydrogens (primary N) is 1. The summed E-state index contributed by atoms with van der Waals surface area (Å²) in [5.74, 6) is 4.56. The zero-order valence-corrected chi connectivity index (χ0v) is 11.7. The summed E-state index contributed by atoms with van der Waals surface area (Å²) in [6, 6.07) is 0. The van der Waals surface area contributed by atoms with Gasteiger partial charge in [0.25, 0.3) is 11.5 Å². The SMILES string of the molecule is Cn1ncc2c(=O)n(Cc3csc(C(=O)NN)n3)nnc21. The number of rotatable bonds is 3. The van der Waals surface area contributed by atoms with Gasteiger partial charge in [-0.15, -0.1) is 16.4 Å². The maximum atomic E-state index is 12.2. The fourth-order valence-corrected chi connectivity index (χ4v) is 2.49. The first-order chi connectivity index (χ1) is 10.1. The van der Waals surface area contributed by atoms with Gasteiger partial charge < -0.3 is 0 Å². The lowest BCUT2D eigenvalue weighted by atomic mass is 10.4. The van der Waals surface area contributed by atoms with Crippen LogP contribution in [0.15, 0.2) is 16.4 Å². The number of aromatic nitrogens is 6.